The van der Waals surface area contributed by atoms with Crippen LogP contribution in [0.1, 0.15) is 75.3 Å². The van der Waals surface area contributed by atoms with Crippen LogP contribution >= 0.6 is 0 Å². The zero-order chi connectivity index (χ0) is 35.5. The summed E-state index contributed by atoms with van der Waals surface area (Å²) in [5, 5.41) is 12.1. The Labute approximate surface area is 293 Å². The van der Waals surface area contributed by atoms with Crippen molar-refractivity contribution >= 4 is 35.6 Å². The second-order valence-electron chi connectivity index (χ2n) is 13.2. The Kier molecular flexibility index (Phi) is 13.0. The smallest absolute Gasteiger partial charge is 0.409 e. The first kappa shape index (κ1) is 36.5. The summed E-state index contributed by atoms with van der Waals surface area (Å²) in [6.07, 6.45) is 5.37. The van der Waals surface area contributed by atoms with Gasteiger partial charge in [0, 0.05) is 76.3 Å². The van der Waals surface area contributed by atoms with Gasteiger partial charge in [0.2, 0.25) is 17.6 Å². The Morgan fingerprint density at radius 3 is 2.22 bits per heavy atom. The van der Waals surface area contributed by atoms with Gasteiger partial charge in [0.25, 0.3) is 5.91 Å². The van der Waals surface area contributed by atoms with Crippen LogP contribution in [-0.2, 0) is 19.1 Å². The third-order valence-corrected chi connectivity index (χ3v) is 9.64. The number of carbonyl (C=O) groups is 5. The maximum atomic E-state index is 13.8. The van der Waals surface area contributed by atoms with Crippen LogP contribution in [0.3, 0.4) is 0 Å². The number of hydrogen-bond acceptors (Lipinski definition) is 9. The molecular weight excluding hydrogens is 642 g/mol. The van der Waals surface area contributed by atoms with Gasteiger partial charge in [-0.1, -0.05) is 50.1 Å². The van der Waals surface area contributed by atoms with Crippen LogP contribution in [0.5, 0.6) is 0 Å². The van der Waals surface area contributed by atoms with Crippen molar-refractivity contribution in [3.8, 4) is 11.3 Å². The molecule has 0 saturated carbocycles. The van der Waals surface area contributed by atoms with E-state index in [0.717, 1.165) is 50.8 Å². The van der Waals surface area contributed by atoms with E-state index in [9.17, 15) is 29.1 Å². The van der Waals surface area contributed by atoms with Crippen molar-refractivity contribution in [2.45, 2.75) is 70.8 Å². The number of piperazine rings is 1. The lowest BCUT2D eigenvalue weighted by molar-refractivity contribution is -0.138. The van der Waals surface area contributed by atoms with Gasteiger partial charge in [0.15, 0.2) is 0 Å². The molecule has 1 aromatic heterocycles. The largest absolute Gasteiger partial charge is 0.481 e. The number of carboxylic acids is 1. The predicted molar refractivity (Wildman–Crippen MR) is 185 cm³/mol. The quantitative estimate of drug-likeness (QED) is 0.298. The highest BCUT2D eigenvalue weighted by Crippen LogP contribution is 2.28. The van der Waals surface area contributed by atoms with Gasteiger partial charge < -0.3 is 34.8 Å². The van der Waals surface area contributed by atoms with Crippen LogP contribution in [0.15, 0.2) is 36.4 Å². The first-order valence-electron chi connectivity index (χ1n) is 17.9. The van der Waals surface area contributed by atoms with Crippen molar-refractivity contribution in [2.75, 3.05) is 63.9 Å². The average Bonchev–Trinajstić information content (AvgIpc) is 3.70. The monoisotopic (exact) mass is 691 g/mol. The van der Waals surface area contributed by atoms with Crippen molar-refractivity contribution in [3.05, 3.63) is 42.2 Å². The van der Waals surface area contributed by atoms with E-state index < -0.39 is 29.9 Å². The number of anilines is 1. The normalized spacial score (nSPS) is 17.4. The van der Waals surface area contributed by atoms with Gasteiger partial charge in [-0.25, -0.2) is 14.8 Å². The lowest BCUT2D eigenvalue weighted by atomic mass is 9.95. The van der Waals surface area contributed by atoms with Crippen molar-refractivity contribution in [1.82, 2.24) is 30.0 Å². The summed E-state index contributed by atoms with van der Waals surface area (Å²) in [5.41, 5.74) is 1.31. The van der Waals surface area contributed by atoms with Gasteiger partial charge in [0.1, 0.15) is 11.9 Å². The number of ether oxygens (including phenoxy) is 1. The number of aromatic nitrogens is 2. The zero-order valence-electron chi connectivity index (χ0n) is 28.9. The van der Waals surface area contributed by atoms with E-state index in [2.05, 4.69) is 27.1 Å². The number of amides is 4. The first-order valence-corrected chi connectivity index (χ1v) is 17.9. The third-order valence-electron chi connectivity index (χ3n) is 9.64. The molecule has 2 aromatic rings. The minimum absolute atomic E-state index is 0.0399. The molecule has 5 rings (SSSR count). The van der Waals surface area contributed by atoms with Gasteiger partial charge in [-0.3, -0.25) is 19.2 Å². The van der Waals surface area contributed by atoms with E-state index in [4.69, 9.17) is 4.74 Å². The number of hydrogen-bond donors (Lipinski definition) is 2. The first-order chi connectivity index (χ1) is 24.2. The van der Waals surface area contributed by atoms with Crippen molar-refractivity contribution in [1.29, 1.82) is 0 Å². The maximum absolute atomic E-state index is 13.8. The molecule has 3 aliphatic rings. The van der Waals surface area contributed by atoms with E-state index >= 15 is 0 Å². The summed E-state index contributed by atoms with van der Waals surface area (Å²) in [6, 6.07) is 10.1. The standard InChI is InChI=1S/C36H49N7O7/c1-2-3-9-24-50-36(49)43-22-20-42(21-23-43)35(48)28(12-13-31(44)45)38-33(46)32-37-29(26-10-5-4-6-11-26)25-30(39-32)40-18-14-27(15-19-40)34(47)41-16-7-8-17-41/h4-6,10-11,25,27-28H,2-3,7-9,12-24H2,1H3,(H,38,46)(H,44,45)/t28-/m0/s1. The Hall–Kier alpha value is -4.75. The predicted octanol–water partition coefficient (Wildman–Crippen LogP) is 3.42. The number of likely N-dealkylation sites (tertiary alicyclic amines) is 1. The third kappa shape index (κ3) is 9.69. The highest BCUT2D eigenvalue weighted by atomic mass is 16.6. The molecule has 0 spiro atoms. The van der Waals surface area contributed by atoms with Crippen molar-refractivity contribution in [3.63, 3.8) is 0 Å². The molecule has 14 heteroatoms. The Bertz CT molecular complexity index is 1480. The van der Waals surface area contributed by atoms with Crippen molar-refractivity contribution in [2.24, 2.45) is 5.92 Å². The minimum Gasteiger partial charge on any atom is -0.481 e. The highest BCUT2D eigenvalue weighted by Gasteiger charge is 2.33. The number of carboxylic acid groups (broad SMARTS) is 1. The van der Waals surface area contributed by atoms with E-state index in [-0.39, 0.29) is 56.7 Å². The van der Waals surface area contributed by atoms with Crippen LogP contribution in [0, 0.1) is 5.92 Å². The lowest BCUT2D eigenvalue weighted by Gasteiger charge is -2.36. The zero-order valence-corrected chi connectivity index (χ0v) is 28.9. The fourth-order valence-electron chi connectivity index (χ4n) is 6.69. The number of piperidine rings is 1. The summed E-state index contributed by atoms with van der Waals surface area (Å²) in [4.78, 5) is 80.8. The molecule has 3 aliphatic heterocycles. The second-order valence-corrected chi connectivity index (χ2v) is 13.2. The molecule has 4 amide bonds. The molecule has 0 aliphatic carbocycles. The molecule has 1 aromatic carbocycles. The van der Waals surface area contributed by atoms with Crippen LogP contribution in [0.2, 0.25) is 0 Å². The minimum atomic E-state index is -1.13. The fraction of sp³-hybridized carbons (Fsp3) is 0.583. The van der Waals surface area contributed by atoms with Crippen molar-refractivity contribution < 1.29 is 33.8 Å². The number of unbranched alkanes of at least 4 members (excludes halogenated alkanes) is 2. The van der Waals surface area contributed by atoms with Crippen LogP contribution < -0.4 is 10.2 Å². The van der Waals surface area contributed by atoms with Gasteiger partial charge in [-0.05, 0) is 38.5 Å². The summed E-state index contributed by atoms with van der Waals surface area (Å²) >= 11 is 0. The number of aliphatic carboxylic acids is 1. The lowest BCUT2D eigenvalue weighted by Crippen LogP contribution is -2.56. The molecule has 3 saturated heterocycles. The molecule has 50 heavy (non-hydrogen) atoms. The molecule has 3 fully saturated rings. The van der Waals surface area contributed by atoms with Gasteiger partial charge in [-0.15, -0.1) is 0 Å². The highest BCUT2D eigenvalue weighted by molar-refractivity contribution is 5.96. The van der Waals surface area contributed by atoms with E-state index in [1.54, 1.807) is 4.90 Å². The number of nitrogens with one attached hydrogen (secondary N) is 1. The number of nitrogens with zero attached hydrogens (tertiary/aromatic N) is 6. The Morgan fingerprint density at radius 2 is 1.56 bits per heavy atom. The van der Waals surface area contributed by atoms with Gasteiger partial charge in [0.05, 0.1) is 12.3 Å². The molecule has 0 radical (unpaired) electrons. The average molecular weight is 692 g/mol. The second kappa shape index (κ2) is 17.8. The molecular formula is C36H49N7O7. The van der Waals surface area contributed by atoms with Crippen LogP contribution in [0.25, 0.3) is 11.3 Å². The van der Waals surface area contributed by atoms with E-state index in [1.165, 1.54) is 4.90 Å². The number of carbonyl (C=O) groups excluding carboxylic acids is 4. The molecule has 1 atom stereocenters. The fourth-order valence-corrected chi connectivity index (χ4v) is 6.69. The maximum Gasteiger partial charge on any atom is 0.409 e. The number of benzene rings is 1. The molecule has 4 heterocycles. The topological polar surface area (TPSA) is 166 Å². The Balaban J connectivity index is 1.28. The van der Waals surface area contributed by atoms with Gasteiger partial charge >= 0.3 is 12.1 Å². The molecule has 270 valence electrons. The molecule has 2 N–H and O–H groups in total. The molecule has 0 unspecified atom stereocenters. The van der Waals surface area contributed by atoms with Crippen LogP contribution in [0.4, 0.5) is 10.6 Å². The summed E-state index contributed by atoms with van der Waals surface area (Å²) < 4.78 is 5.35. The molecule has 0 bridgehead atoms. The van der Waals surface area contributed by atoms with Crippen LogP contribution in [-0.4, -0.2) is 125 Å². The van der Waals surface area contributed by atoms with E-state index in [1.807, 2.05) is 41.3 Å². The summed E-state index contributed by atoms with van der Waals surface area (Å²) in [6.45, 7) is 6.23. The van der Waals surface area contributed by atoms with Gasteiger partial charge in [-0.2, -0.15) is 0 Å². The van der Waals surface area contributed by atoms with E-state index in [0.29, 0.717) is 44.0 Å². The summed E-state index contributed by atoms with van der Waals surface area (Å²) in [7, 11) is 0. The number of rotatable bonds is 13. The molecule has 14 nitrogen and oxygen atoms in total. The SMILES string of the molecule is CCCCCOC(=O)N1CCN(C(=O)[C@H](CCC(=O)O)NC(=O)c2nc(-c3ccccc3)cc(N3CCC(C(=O)N4CCCC4)CC3)n2)CC1. The Morgan fingerprint density at radius 1 is 0.880 bits per heavy atom. The summed E-state index contributed by atoms with van der Waals surface area (Å²) in [5.74, 6) is -1.63.